The van der Waals surface area contributed by atoms with Gasteiger partial charge in [-0.3, -0.25) is 4.90 Å². The van der Waals surface area contributed by atoms with E-state index in [2.05, 4.69) is 36.2 Å². The lowest BCUT2D eigenvalue weighted by atomic mass is 10.0. The van der Waals surface area contributed by atoms with Crippen molar-refractivity contribution in [3.05, 3.63) is 65.7 Å². The highest BCUT2D eigenvalue weighted by Gasteiger charge is 2.14. The molecule has 0 bridgehead atoms. The monoisotopic (exact) mass is 270 g/mol. The number of nitrogens with two attached hydrogens (primary N) is 1. The van der Waals surface area contributed by atoms with Crippen LogP contribution in [0.1, 0.15) is 11.1 Å². The standard InChI is InChI=1S/C17H22N2O/c1-19(13-15-5-3-2-4-6-15)16(12-18)11-14-7-9-17(20)10-8-14/h2-10,16,20H,11-13,18H2,1H3/t16-/m0/s1. The molecule has 0 radical (unpaired) electrons. The van der Waals surface area contributed by atoms with Crippen molar-refractivity contribution in [3.63, 3.8) is 0 Å². The maximum absolute atomic E-state index is 9.32. The summed E-state index contributed by atoms with van der Waals surface area (Å²) in [5.74, 6) is 0.302. The maximum Gasteiger partial charge on any atom is 0.115 e. The highest BCUT2D eigenvalue weighted by Crippen LogP contribution is 2.14. The molecular weight excluding hydrogens is 248 g/mol. The van der Waals surface area contributed by atoms with Gasteiger partial charge in [-0.25, -0.2) is 0 Å². The van der Waals surface area contributed by atoms with Gasteiger partial charge in [0.2, 0.25) is 0 Å². The second-order valence-corrected chi connectivity index (χ2v) is 5.16. The molecule has 0 spiro atoms. The van der Waals surface area contributed by atoms with Crippen molar-refractivity contribution in [1.29, 1.82) is 0 Å². The van der Waals surface area contributed by atoms with Gasteiger partial charge < -0.3 is 10.8 Å². The van der Waals surface area contributed by atoms with E-state index in [0.717, 1.165) is 13.0 Å². The first-order valence-electron chi connectivity index (χ1n) is 6.91. The number of likely N-dealkylation sites (N-methyl/N-ethyl adjacent to an activating group) is 1. The quantitative estimate of drug-likeness (QED) is 0.847. The number of phenolic OH excluding ortho intramolecular Hbond substituents is 1. The van der Waals surface area contributed by atoms with Crippen molar-refractivity contribution >= 4 is 0 Å². The molecule has 3 heteroatoms. The van der Waals surface area contributed by atoms with Crippen LogP contribution in [0.15, 0.2) is 54.6 Å². The first kappa shape index (κ1) is 14.6. The van der Waals surface area contributed by atoms with Gasteiger partial charge in [0, 0.05) is 19.1 Å². The summed E-state index contributed by atoms with van der Waals surface area (Å²) in [5, 5.41) is 9.32. The van der Waals surface area contributed by atoms with Gasteiger partial charge in [0.05, 0.1) is 0 Å². The van der Waals surface area contributed by atoms with Gasteiger partial charge in [-0.1, -0.05) is 42.5 Å². The van der Waals surface area contributed by atoms with E-state index in [4.69, 9.17) is 5.73 Å². The first-order chi connectivity index (χ1) is 9.69. The number of hydrogen-bond donors (Lipinski definition) is 2. The molecule has 3 N–H and O–H groups in total. The number of nitrogens with zero attached hydrogens (tertiary/aromatic N) is 1. The molecule has 0 unspecified atom stereocenters. The van der Waals surface area contributed by atoms with Crippen molar-refractivity contribution in [2.24, 2.45) is 5.73 Å². The molecule has 0 aromatic heterocycles. The van der Waals surface area contributed by atoms with Crippen LogP contribution in [0.5, 0.6) is 5.75 Å². The predicted octanol–water partition coefficient (Wildman–Crippen LogP) is 2.39. The van der Waals surface area contributed by atoms with E-state index in [1.807, 2.05) is 18.2 Å². The van der Waals surface area contributed by atoms with E-state index in [-0.39, 0.29) is 0 Å². The number of phenols is 1. The zero-order valence-electron chi connectivity index (χ0n) is 11.9. The summed E-state index contributed by atoms with van der Waals surface area (Å²) < 4.78 is 0. The van der Waals surface area contributed by atoms with Gasteiger partial charge in [-0.15, -0.1) is 0 Å². The van der Waals surface area contributed by atoms with E-state index in [1.54, 1.807) is 12.1 Å². The average Bonchev–Trinajstić information content (AvgIpc) is 2.47. The summed E-state index contributed by atoms with van der Waals surface area (Å²) in [5.41, 5.74) is 8.40. The summed E-state index contributed by atoms with van der Waals surface area (Å²) >= 11 is 0. The van der Waals surface area contributed by atoms with Crippen LogP contribution in [0.4, 0.5) is 0 Å². The van der Waals surface area contributed by atoms with Crippen molar-refractivity contribution in [1.82, 2.24) is 4.90 Å². The minimum atomic E-state index is 0.291. The normalized spacial score (nSPS) is 12.6. The molecule has 0 aliphatic carbocycles. The van der Waals surface area contributed by atoms with Crippen molar-refractivity contribution in [2.75, 3.05) is 13.6 Å². The van der Waals surface area contributed by atoms with E-state index < -0.39 is 0 Å². The Hall–Kier alpha value is -1.84. The Morgan fingerprint density at radius 2 is 1.65 bits per heavy atom. The third kappa shape index (κ3) is 4.08. The maximum atomic E-state index is 9.32. The fraction of sp³-hybridized carbons (Fsp3) is 0.294. The molecule has 0 saturated heterocycles. The fourth-order valence-corrected chi connectivity index (χ4v) is 2.32. The molecule has 0 saturated carbocycles. The Bertz CT molecular complexity index is 510. The molecule has 0 heterocycles. The molecule has 3 nitrogen and oxygen atoms in total. The number of benzene rings is 2. The Kier molecular flexibility index (Phi) is 5.16. The lowest BCUT2D eigenvalue weighted by Gasteiger charge is -2.27. The minimum Gasteiger partial charge on any atom is -0.508 e. The van der Waals surface area contributed by atoms with Gasteiger partial charge in [-0.05, 0) is 36.7 Å². The van der Waals surface area contributed by atoms with E-state index in [9.17, 15) is 5.11 Å². The van der Waals surface area contributed by atoms with Gasteiger partial charge >= 0.3 is 0 Å². The van der Waals surface area contributed by atoms with Crippen LogP contribution < -0.4 is 5.73 Å². The smallest absolute Gasteiger partial charge is 0.115 e. The molecular formula is C17H22N2O. The molecule has 0 aliphatic heterocycles. The van der Waals surface area contributed by atoms with Gasteiger partial charge in [0.1, 0.15) is 5.75 Å². The van der Waals surface area contributed by atoms with E-state index >= 15 is 0 Å². The summed E-state index contributed by atoms with van der Waals surface area (Å²) in [4.78, 5) is 2.28. The first-order valence-corrected chi connectivity index (χ1v) is 6.91. The highest BCUT2D eigenvalue weighted by molar-refractivity contribution is 5.26. The molecule has 1 atom stereocenters. The van der Waals surface area contributed by atoms with Crippen LogP contribution in [-0.2, 0) is 13.0 Å². The Labute approximate surface area is 120 Å². The fourth-order valence-electron chi connectivity index (χ4n) is 2.32. The second-order valence-electron chi connectivity index (χ2n) is 5.16. The number of hydrogen-bond acceptors (Lipinski definition) is 3. The molecule has 2 aromatic carbocycles. The van der Waals surface area contributed by atoms with Crippen molar-refractivity contribution < 1.29 is 5.11 Å². The van der Waals surface area contributed by atoms with Crippen LogP contribution in [0.3, 0.4) is 0 Å². The number of rotatable bonds is 6. The van der Waals surface area contributed by atoms with Crippen LogP contribution in [0.25, 0.3) is 0 Å². The summed E-state index contributed by atoms with van der Waals surface area (Å²) in [6, 6.07) is 18.0. The lowest BCUT2D eigenvalue weighted by Crippen LogP contribution is -2.39. The van der Waals surface area contributed by atoms with Gasteiger partial charge in [0.15, 0.2) is 0 Å². The Morgan fingerprint density at radius 1 is 1.00 bits per heavy atom. The summed E-state index contributed by atoms with van der Waals surface area (Å²) in [6.45, 7) is 1.50. The largest absolute Gasteiger partial charge is 0.508 e. The predicted molar refractivity (Wildman–Crippen MR) is 82.6 cm³/mol. The zero-order valence-corrected chi connectivity index (χ0v) is 11.9. The lowest BCUT2D eigenvalue weighted by molar-refractivity contribution is 0.237. The van der Waals surface area contributed by atoms with Crippen LogP contribution in [0, 0.1) is 0 Å². The summed E-state index contributed by atoms with van der Waals surface area (Å²) in [6.07, 6.45) is 0.889. The highest BCUT2D eigenvalue weighted by atomic mass is 16.3. The molecule has 2 aromatic rings. The molecule has 0 fully saturated rings. The SMILES string of the molecule is CN(Cc1ccccc1)[C@H](CN)Cc1ccc(O)cc1. The minimum absolute atomic E-state index is 0.291. The third-order valence-corrected chi connectivity index (χ3v) is 3.58. The summed E-state index contributed by atoms with van der Waals surface area (Å²) in [7, 11) is 2.10. The van der Waals surface area contributed by atoms with Crippen LogP contribution >= 0.6 is 0 Å². The van der Waals surface area contributed by atoms with E-state index in [0.29, 0.717) is 18.3 Å². The number of aromatic hydroxyl groups is 1. The second kappa shape index (κ2) is 7.08. The van der Waals surface area contributed by atoms with Gasteiger partial charge in [0.25, 0.3) is 0 Å². The average molecular weight is 270 g/mol. The van der Waals surface area contributed by atoms with Crippen LogP contribution in [0.2, 0.25) is 0 Å². The molecule has 106 valence electrons. The van der Waals surface area contributed by atoms with Crippen LogP contribution in [-0.4, -0.2) is 29.6 Å². The topological polar surface area (TPSA) is 49.5 Å². The Morgan fingerprint density at radius 3 is 2.25 bits per heavy atom. The molecule has 0 aliphatic rings. The van der Waals surface area contributed by atoms with Gasteiger partial charge in [-0.2, -0.15) is 0 Å². The molecule has 0 amide bonds. The van der Waals surface area contributed by atoms with Crippen molar-refractivity contribution in [2.45, 2.75) is 19.0 Å². The Balaban J connectivity index is 1.98. The molecule has 20 heavy (non-hydrogen) atoms. The third-order valence-electron chi connectivity index (χ3n) is 3.58. The zero-order chi connectivity index (χ0) is 14.4. The molecule has 2 rings (SSSR count). The van der Waals surface area contributed by atoms with Crippen molar-refractivity contribution in [3.8, 4) is 5.75 Å². The van der Waals surface area contributed by atoms with E-state index in [1.165, 1.54) is 11.1 Å².